The molecule has 80 heavy (non-hydrogen) atoms. The Balaban J connectivity index is 0.597. The number of amides is 4. The Hall–Kier alpha value is -5.80. The van der Waals surface area contributed by atoms with Crippen LogP contribution < -0.4 is 15.1 Å². The second-order valence-corrected chi connectivity index (χ2v) is 24.9. The number of halogens is 4. The minimum absolute atomic E-state index is 0.00860. The van der Waals surface area contributed by atoms with E-state index in [1.807, 2.05) is 34.7 Å². The lowest BCUT2D eigenvalue weighted by molar-refractivity contribution is -0.138. The fraction of sp³-hybridized carbons (Fsp3) is 0.600. The molecule has 7 aliphatic heterocycles. The number of carbonyl (C=O) groups is 4. The fourth-order valence-electron chi connectivity index (χ4n) is 14.5. The number of alkyl halides is 3. The smallest absolute Gasteiger partial charge is 0.379 e. The molecule has 1 aliphatic carbocycles. The third-order valence-electron chi connectivity index (χ3n) is 19.0. The first-order valence-corrected chi connectivity index (χ1v) is 29.0. The van der Waals surface area contributed by atoms with Crippen molar-refractivity contribution in [3.63, 3.8) is 0 Å². The minimum atomic E-state index is -4.62. The number of anilines is 2. The Kier molecular flexibility index (Phi) is 14.9. The molecule has 0 spiro atoms. The number of piperazine rings is 1. The summed E-state index contributed by atoms with van der Waals surface area (Å²) in [6, 6.07) is 13.1. The molecule has 1 N–H and O–H groups in total. The van der Waals surface area contributed by atoms with Crippen LogP contribution in [-0.2, 0) is 63.8 Å². The van der Waals surface area contributed by atoms with E-state index in [1.165, 1.54) is 15.9 Å². The first-order chi connectivity index (χ1) is 38.4. The predicted octanol–water partition coefficient (Wildman–Crippen LogP) is 7.26. The van der Waals surface area contributed by atoms with Gasteiger partial charge >= 0.3 is 6.18 Å². The number of carbonyl (C=O) groups excluding carboxylic acids is 4. The maximum atomic E-state index is 16.1. The number of aryl methyl sites for hydroxylation is 1. The normalized spacial score (nSPS) is 26.0. The van der Waals surface area contributed by atoms with Crippen LogP contribution >= 0.6 is 0 Å². The van der Waals surface area contributed by atoms with Crippen LogP contribution in [0, 0.1) is 17.7 Å². The van der Waals surface area contributed by atoms with Crippen LogP contribution in [0.2, 0.25) is 0 Å². The van der Waals surface area contributed by atoms with Crippen LogP contribution in [0.15, 0.2) is 54.9 Å². The summed E-state index contributed by atoms with van der Waals surface area (Å²) in [7, 11) is 1.89. The second kappa shape index (κ2) is 21.8. The van der Waals surface area contributed by atoms with Gasteiger partial charge in [-0.15, -0.1) is 10.2 Å². The molecule has 428 valence electrons. The highest BCUT2D eigenvalue weighted by atomic mass is 19.4. The molecule has 4 amide bonds. The lowest BCUT2D eigenvalue weighted by Gasteiger charge is -2.50. The maximum Gasteiger partial charge on any atom is 0.416 e. The Bertz CT molecular complexity index is 3020. The highest BCUT2D eigenvalue weighted by Crippen LogP contribution is 2.43. The van der Waals surface area contributed by atoms with E-state index in [4.69, 9.17) is 9.47 Å². The van der Waals surface area contributed by atoms with Gasteiger partial charge in [0.1, 0.15) is 18.2 Å². The molecule has 0 radical (unpaired) electrons. The van der Waals surface area contributed by atoms with Gasteiger partial charge in [-0.3, -0.25) is 39.2 Å². The lowest BCUT2D eigenvalue weighted by Crippen LogP contribution is -2.61. The average molecular weight is 1110 g/mol. The van der Waals surface area contributed by atoms with Crippen LogP contribution in [0.4, 0.5) is 28.9 Å². The SMILES string of the molecule is Cn1cnnc1CC1(c2cccc(N3Cc4c(cc(CN5CCC[C@H](CN6CCN(CC7CCC(OC8CCN(c9ccc%10c(c9F)CN(C9CCC(=O)NC9=O)C%10=O)CC8)CC7)CC6(C)C)C5)cc4C(F)(F)F)C3=O)c2)COC1. The molecule has 6 fully saturated rings. The van der Waals surface area contributed by atoms with E-state index in [1.54, 1.807) is 30.6 Å². The molecule has 12 rings (SSSR count). The molecule has 2 atom stereocenters. The minimum Gasteiger partial charge on any atom is -0.379 e. The number of fused-ring (bicyclic) bond motifs is 2. The largest absolute Gasteiger partial charge is 0.416 e. The Labute approximate surface area is 465 Å². The van der Waals surface area contributed by atoms with E-state index in [2.05, 4.69) is 44.1 Å². The second-order valence-electron chi connectivity index (χ2n) is 24.9. The summed E-state index contributed by atoms with van der Waals surface area (Å²) in [5.41, 5.74) is 2.08. The van der Waals surface area contributed by atoms with E-state index in [0.29, 0.717) is 73.6 Å². The zero-order chi connectivity index (χ0) is 55.7. The van der Waals surface area contributed by atoms with E-state index >= 15 is 4.39 Å². The summed E-state index contributed by atoms with van der Waals surface area (Å²) in [4.78, 5) is 64.1. The quantitative estimate of drug-likeness (QED) is 0.100. The number of benzene rings is 3. The zero-order valence-corrected chi connectivity index (χ0v) is 46.2. The van der Waals surface area contributed by atoms with E-state index < -0.39 is 35.4 Å². The summed E-state index contributed by atoms with van der Waals surface area (Å²) in [5, 5.41) is 10.6. The lowest BCUT2D eigenvalue weighted by atomic mass is 9.75. The highest BCUT2D eigenvalue weighted by Gasteiger charge is 2.46. The van der Waals surface area contributed by atoms with Crippen molar-refractivity contribution in [2.75, 3.05) is 81.9 Å². The van der Waals surface area contributed by atoms with Crippen molar-refractivity contribution < 1.29 is 46.2 Å². The summed E-state index contributed by atoms with van der Waals surface area (Å²) < 4.78 is 75.1. The molecule has 3 aromatic carbocycles. The van der Waals surface area contributed by atoms with Gasteiger partial charge in [0, 0.05) is 112 Å². The highest BCUT2D eigenvalue weighted by molar-refractivity contribution is 6.10. The molecule has 16 nitrogen and oxygen atoms in total. The average Bonchev–Trinajstić information content (AvgIpc) is 4.15. The van der Waals surface area contributed by atoms with Crippen molar-refractivity contribution >= 4 is 35.0 Å². The standard InChI is InChI=1S/C60H74F4N10O6/c1-58(2)34-70(28-38-9-11-43(12-10-38)80-44-17-20-71(21-18-44)50-14-13-45-48(54(50)61)33-74(56(45)77)51-15-16-53(75)66-55(51)76)22-23-72(58)31-39-6-5-19-69(29-39)30-40-24-46-47(49(25-40)60(62,63)64)32-73(57(46)78)42-8-4-7-41(26-42)59(35-79-36-59)27-52-67-65-37-68(52)3/h4,7-8,13-14,24-26,37-39,43-44,51H,5-6,9-12,15-23,27-36H2,1-3H3,(H,66,75,76)/t38?,39-,43?,51?/m0/s1. The van der Waals surface area contributed by atoms with Crippen LogP contribution in [0.5, 0.6) is 0 Å². The molecule has 0 bridgehead atoms. The molecule has 20 heteroatoms. The van der Waals surface area contributed by atoms with Gasteiger partial charge in [0.15, 0.2) is 5.82 Å². The number of nitrogens with one attached hydrogen (secondary N) is 1. The van der Waals surface area contributed by atoms with Gasteiger partial charge in [0.25, 0.3) is 11.8 Å². The van der Waals surface area contributed by atoms with Gasteiger partial charge in [-0.1, -0.05) is 12.1 Å². The van der Waals surface area contributed by atoms with Crippen molar-refractivity contribution in [2.45, 2.75) is 139 Å². The molecule has 8 heterocycles. The van der Waals surface area contributed by atoms with Crippen LogP contribution in [0.3, 0.4) is 0 Å². The number of likely N-dealkylation sites (tertiary alicyclic amines) is 1. The summed E-state index contributed by atoms with van der Waals surface area (Å²) in [6.07, 6.45) is 6.22. The molecule has 1 aromatic heterocycles. The number of ether oxygens (including phenoxy) is 2. The van der Waals surface area contributed by atoms with E-state index in [-0.39, 0.29) is 77.6 Å². The Morgan fingerprint density at radius 3 is 2.30 bits per heavy atom. The number of aromatic nitrogens is 3. The molecular formula is C60H74F4N10O6. The van der Waals surface area contributed by atoms with Crippen molar-refractivity contribution in [1.82, 2.24) is 39.7 Å². The Morgan fingerprint density at radius 2 is 1.59 bits per heavy atom. The predicted molar refractivity (Wildman–Crippen MR) is 290 cm³/mol. The number of piperidine rings is 3. The van der Waals surface area contributed by atoms with Crippen LogP contribution in [-0.4, -0.2) is 154 Å². The van der Waals surface area contributed by atoms with E-state index in [9.17, 15) is 32.3 Å². The maximum absolute atomic E-state index is 16.1. The monoisotopic (exact) mass is 1110 g/mol. The fourth-order valence-corrected chi connectivity index (χ4v) is 14.5. The van der Waals surface area contributed by atoms with Gasteiger partial charge < -0.3 is 28.7 Å². The van der Waals surface area contributed by atoms with Gasteiger partial charge in [0.2, 0.25) is 11.8 Å². The number of nitrogens with zero attached hydrogens (tertiary/aromatic N) is 9. The number of hydrogen-bond donors (Lipinski definition) is 1. The van der Waals surface area contributed by atoms with Gasteiger partial charge in [-0.25, -0.2) is 4.39 Å². The van der Waals surface area contributed by atoms with Crippen molar-refractivity contribution in [2.24, 2.45) is 18.9 Å². The van der Waals surface area contributed by atoms with Crippen molar-refractivity contribution in [3.8, 4) is 0 Å². The summed E-state index contributed by atoms with van der Waals surface area (Å²) in [6.45, 7) is 13.6. The molecule has 8 aliphatic rings. The molecule has 1 unspecified atom stereocenters. The van der Waals surface area contributed by atoms with Crippen molar-refractivity contribution in [1.29, 1.82) is 0 Å². The molecular weight excluding hydrogens is 1030 g/mol. The first kappa shape index (κ1) is 54.8. The third kappa shape index (κ3) is 10.9. The molecule has 4 aromatic rings. The first-order valence-electron chi connectivity index (χ1n) is 29.0. The number of imide groups is 1. The number of hydrogen-bond acceptors (Lipinski definition) is 12. The Morgan fingerprint density at radius 1 is 0.800 bits per heavy atom. The van der Waals surface area contributed by atoms with Crippen molar-refractivity contribution in [3.05, 3.63) is 105 Å². The van der Waals surface area contributed by atoms with Gasteiger partial charge in [0.05, 0.1) is 49.8 Å². The van der Waals surface area contributed by atoms with Crippen LogP contribution in [0.25, 0.3) is 0 Å². The van der Waals surface area contributed by atoms with E-state index in [0.717, 1.165) is 109 Å². The van der Waals surface area contributed by atoms with Gasteiger partial charge in [-0.05, 0) is 143 Å². The summed E-state index contributed by atoms with van der Waals surface area (Å²) >= 11 is 0. The topological polar surface area (TPSA) is 149 Å². The third-order valence-corrected chi connectivity index (χ3v) is 19.0. The summed E-state index contributed by atoms with van der Waals surface area (Å²) in [5.74, 6) is -0.296. The molecule has 1 saturated carbocycles. The van der Waals surface area contributed by atoms with Crippen LogP contribution in [0.1, 0.15) is 132 Å². The van der Waals surface area contributed by atoms with Gasteiger partial charge in [-0.2, -0.15) is 13.2 Å². The molecule has 5 saturated heterocycles. The zero-order valence-electron chi connectivity index (χ0n) is 46.2. The number of rotatable bonds is 14.